The number of pyridine rings is 1. The summed E-state index contributed by atoms with van der Waals surface area (Å²) in [5, 5.41) is 5.85. The molecule has 0 saturated heterocycles. The van der Waals surface area contributed by atoms with Gasteiger partial charge in [0.15, 0.2) is 0 Å². The molecule has 0 spiro atoms. The van der Waals surface area contributed by atoms with E-state index in [9.17, 15) is 13.2 Å². The second kappa shape index (κ2) is 5.62. The molecule has 0 bridgehead atoms. The molecular formula is C17H10F3IrN2-. The Labute approximate surface area is 143 Å². The molecule has 23 heavy (non-hydrogen) atoms. The van der Waals surface area contributed by atoms with Crippen molar-refractivity contribution in [2.75, 3.05) is 0 Å². The minimum atomic E-state index is -4.25. The van der Waals surface area contributed by atoms with Gasteiger partial charge in [-0.2, -0.15) is 42.5 Å². The van der Waals surface area contributed by atoms with Gasteiger partial charge >= 0.3 is 6.18 Å². The van der Waals surface area contributed by atoms with Gasteiger partial charge in [-0.15, -0.1) is 5.39 Å². The van der Waals surface area contributed by atoms with E-state index >= 15 is 0 Å². The van der Waals surface area contributed by atoms with E-state index in [4.69, 9.17) is 0 Å². The molecule has 2 heterocycles. The van der Waals surface area contributed by atoms with Crippen LogP contribution in [0.5, 0.6) is 0 Å². The molecule has 2 aromatic heterocycles. The molecule has 1 radical (unpaired) electrons. The van der Waals surface area contributed by atoms with Gasteiger partial charge in [-0.25, -0.2) is 0 Å². The van der Waals surface area contributed by atoms with E-state index in [0.717, 1.165) is 10.9 Å². The van der Waals surface area contributed by atoms with E-state index < -0.39 is 12.6 Å². The molecule has 0 saturated carbocycles. The molecule has 0 aliphatic rings. The van der Waals surface area contributed by atoms with Crippen LogP contribution in [0, 0.1) is 6.07 Å². The molecule has 2 aromatic carbocycles. The molecule has 0 unspecified atom stereocenters. The van der Waals surface area contributed by atoms with Gasteiger partial charge in [0.25, 0.3) is 0 Å². The van der Waals surface area contributed by atoms with Crippen molar-refractivity contribution < 1.29 is 33.3 Å². The zero-order valence-corrected chi connectivity index (χ0v) is 14.1. The van der Waals surface area contributed by atoms with Crippen LogP contribution in [0.25, 0.3) is 27.3 Å². The van der Waals surface area contributed by atoms with Crippen molar-refractivity contribution in [3.05, 3.63) is 60.2 Å². The Balaban J connectivity index is 0.00000156. The third-order valence-corrected chi connectivity index (χ3v) is 3.71. The SMILES string of the molecule is FC(F)(F)Cc1cc2c3ccccc3nn2c2[c-]cccc12.[Ir]. The summed E-state index contributed by atoms with van der Waals surface area (Å²) in [5.41, 5.74) is 2.24. The molecule has 119 valence electrons. The summed E-state index contributed by atoms with van der Waals surface area (Å²) in [6, 6.07) is 17.1. The Morgan fingerprint density at radius 2 is 1.78 bits per heavy atom. The van der Waals surface area contributed by atoms with Gasteiger partial charge in [0.2, 0.25) is 0 Å². The van der Waals surface area contributed by atoms with Crippen LogP contribution in [-0.2, 0) is 26.5 Å². The van der Waals surface area contributed by atoms with Crippen molar-refractivity contribution in [1.82, 2.24) is 9.61 Å². The molecule has 2 nitrogen and oxygen atoms in total. The van der Waals surface area contributed by atoms with Crippen molar-refractivity contribution in [2.45, 2.75) is 12.6 Å². The fourth-order valence-electron chi connectivity index (χ4n) is 2.83. The number of benzene rings is 2. The van der Waals surface area contributed by atoms with Crippen molar-refractivity contribution in [1.29, 1.82) is 0 Å². The first-order valence-corrected chi connectivity index (χ1v) is 6.79. The van der Waals surface area contributed by atoms with Crippen LogP contribution in [0.4, 0.5) is 13.2 Å². The minimum absolute atomic E-state index is 0. The van der Waals surface area contributed by atoms with E-state index in [2.05, 4.69) is 11.2 Å². The summed E-state index contributed by atoms with van der Waals surface area (Å²) in [6.07, 6.45) is -5.21. The topological polar surface area (TPSA) is 17.3 Å². The van der Waals surface area contributed by atoms with Crippen LogP contribution < -0.4 is 0 Å². The number of hydrogen-bond donors (Lipinski definition) is 0. The van der Waals surface area contributed by atoms with Crippen LogP contribution in [0.15, 0.2) is 48.5 Å². The summed E-state index contributed by atoms with van der Waals surface area (Å²) < 4.78 is 40.3. The van der Waals surface area contributed by atoms with Crippen LogP contribution in [0.1, 0.15) is 5.56 Å². The number of nitrogens with zero attached hydrogens (tertiary/aromatic N) is 2. The fourth-order valence-corrected chi connectivity index (χ4v) is 2.83. The molecule has 0 fully saturated rings. The zero-order chi connectivity index (χ0) is 15.3. The Bertz CT molecular complexity index is 1010. The summed E-state index contributed by atoms with van der Waals surface area (Å²) in [6.45, 7) is 0. The van der Waals surface area contributed by atoms with Gasteiger partial charge in [-0.05, 0) is 17.6 Å². The Kier molecular flexibility index (Phi) is 3.90. The number of para-hydroxylation sites is 1. The van der Waals surface area contributed by atoms with E-state index in [1.165, 1.54) is 0 Å². The largest absolute Gasteiger partial charge is 0.392 e. The second-order valence-electron chi connectivity index (χ2n) is 5.21. The molecule has 4 rings (SSSR count). The Hall–Kier alpha value is -1.91. The fraction of sp³-hybridized carbons (Fsp3) is 0.118. The van der Waals surface area contributed by atoms with E-state index in [1.807, 2.05) is 24.3 Å². The van der Waals surface area contributed by atoms with Crippen molar-refractivity contribution in [2.24, 2.45) is 0 Å². The molecule has 0 N–H and O–H groups in total. The van der Waals surface area contributed by atoms with Gasteiger partial charge in [-0.3, -0.25) is 4.52 Å². The third kappa shape index (κ3) is 2.73. The summed E-state index contributed by atoms with van der Waals surface area (Å²) in [5.74, 6) is 0. The Morgan fingerprint density at radius 1 is 1.04 bits per heavy atom. The van der Waals surface area contributed by atoms with Gasteiger partial charge in [-0.1, -0.05) is 23.8 Å². The first-order chi connectivity index (χ1) is 10.5. The predicted octanol–water partition coefficient (Wildman–Crippen LogP) is 4.54. The number of rotatable bonds is 1. The van der Waals surface area contributed by atoms with Crippen molar-refractivity contribution >= 4 is 27.3 Å². The molecular weight excluding hydrogens is 481 g/mol. The van der Waals surface area contributed by atoms with Gasteiger partial charge < -0.3 is 0 Å². The van der Waals surface area contributed by atoms with Gasteiger partial charge in [0, 0.05) is 25.5 Å². The first-order valence-electron chi connectivity index (χ1n) is 6.79. The second-order valence-corrected chi connectivity index (χ2v) is 5.21. The standard InChI is InChI=1S/C17H10F3N2.Ir/c18-17(19,20)10-11-9-16-13-6-1-3-7-14(13)21-22(16)15-8-4-2-5-12(11)15;/h1-7,9H,10H2;/q-1;. The number of aromatic nitrogens is 2. The van der Waals surface area contributed by atoms with Crippen LogP contribution in [0.3, 0.4) is 0 Å². The van der Waals surface area contributed by atoms with Gasteiger partial charge in [0.1, 0.15) is 0 Å². The molecule has 0 amide bonds. The smallest absolute Gasteiger partial charge is 0.257 e. The number of alkyl halides is 3. The Morgan fingerprint density at radius 3 is 2.57 bits per heavy atom. The normalized spacial score (nSPS) is 12.0. The average molecular weight is 491 g/mol. The maximum Gasteiger partial charge on any atom is 0.392 e. The number of halogens is 3. The maximum absolute atomic E-state index is 12.9. The molecule has 4 aromatic rings. The molecule has 0 atom stereocenters. The zero-order valence-electron chi connectivity index (χ0n) is 11.7. The number of fused-ring (bicyclic) bond motifs is 5. The van der Waals surface area contributed by atoms with E-state index in [0.29, 0.717) is 16.4 Å². The maximum atomic E-state index is 12.9. The third-order valence-electron chi connectivity index (χ3n) is 3.71. The van der Waals surface area contributed by atoms with Crippen LogP contribution in [0.2, 0.25) is 0 Å². The van der Waals surface area contributed by atoms with E-state index in [1.54, 1.807) is 28.8 Å². The first kappa shape index (κ1) is 16.0. The molecule has 0 aliphatic heterocycles. The van der Waals surface area contributed by atoms with Crippen LogP contribution >= 0.6 is 0 Å². The summed E-state index contributed by atoms with van der Waals surface area (Å²) >= 11 is 0. The minimum Gasteiger partial charge on any atom is -0.257 e. The molecule has 0 aliphatic carbocycles. The van der Waals surface area contributed by atoms with Crippen molar-refractivity contribution in [3.63, 3.8) is 0 Å². The van der Waals surface area contributed by atoms with Crippen molar-refractivity contribution in [3.8, 4) is 0 Å². The summed E-state index contributed by atoms with van der Waals surface area (Å²) in [4.78, 5) is 0. The molecule has 6 heteroatoms. The van der Waals surface area contributed by atoms with Crippen LogP contribution in [-0.4, -0.2) is 15.8 Å². The average Bonchev–Trinajstić information content (AvgIpc) is 2.85. The predicted molar refractivity (Wildman–Crippen MR) is 78.8 cm³/mol. The van der Waals surface area contributed by atoms with Gasteiger partial charge in [0.05, 0.1) is 17.5 Å². The van der Waals surface area contributed by atoms with E-state index in [-0.39, 0.29) is 25.7 Å². The quantitative estimate of drug-likeness (QED) is 0.358. The number of hydrogen-bond acceptors (Lipinski definition) is 1. The summed E-state index contributed by atoms with van der Waals surface area (Å²) in [7, 11) is 0. The monoisotopic (exact) mass is 492 g/mol.